The number of hydrogen-bond acceptors (Lipinski definition) is 6. The molecule has 1 unspecified atom stereocenters. The normalized spacial score (nSPS) is 26.6. The van der Waals surface area contributed by atoms with Crippen LogP contribution in [0.25, 0.3) is 0 Å². The molecule has 0 bridgehead atoms. The molecule has 7 nitrogen and oxygen atoms in total. The van der Waals surface area contributed by atoms with Gasteiger partial charge in [0.1, 0.15) is 12.9 Å². The van der Waals surface area contributed by atoms with Crippen molar-refractivity contribution >= 4 is 21.5 Å². The first kappa shape index (κ1) is 9.46. The third kappa shape index (κ3) is 1.48. The molecular weight excluding hydrogens is 208 g/mol. The summed E-state index contributed by atoms with van der Waals surface area (Å²) in [6.07, 6.45) is 1.14. The zero-order chi connectivity index (χ0) is 10.2. The summed E-state index contributed by atoms with van der Waals surface area (Å²) < 4.78 is -0.599. The summed E-state index contributed by atoms with van der Waals surface area (Å²) in [5.74, 6) is 0. The zero-order valence-electron chi connectivity index (χ0n) is 7.17. The van der Waals surface area contributed by atoms with Gasteiger partial charge < -0.3 is 5.21 Å². The lowest BCUT2D eigenvalue weighted by Gasteiger charge is -2.32. The van der Waals surface area contributed by atoms with Gasteiger partial charge >= 0.3 is 5.00 Å². The second-order valence-electron chi connectivity index (χ2n) is 3.01. The van der Waals surface area contributed by atoms with Gasteiger partial charge in [0.2, 0.25) is 0 Å². The van der Waals surface area contributed by atoms with Crippen LogP contribution < -0.4 is 9.96 Å². The molecule has 1 fully saturated rings. The van der Waals surface area contributed by atoms with Crippen molar-refractivity contribution in [1.82, 2.24) is 14.9 Å². The molecule has 1 aliphatic rings. The first-order valence-corrected chi connectivity index (χ1v) is 4.83. The maximum Gasteiger partial charge on any atom is 0.349 e. The highest BCUT2D eigenvalue weighted by molar-refractivity contribution is 7.18. The molecule has 0 aliphatic carbocycles. The number of nitrogens with one attached hydrogen (secondary N) is 1. The van der Waals surface area contributed by atoms with Gasteiger partial charge in [-0.2, -0.15) is 4.98 Å². The van der Waals surface area contributed by atoms with E-state index in [0.29, 0.717) is 13.1 Å². The van der Waals surface area contributed by atoms with Crippen LogP contribution in [0.2, 0.25) is 0 Å². The Labute approximate surface area is 83.3 Å². The van der Waals surface area contributed by atoms with Crippen molar-refractivity contribution in [3.63, 3.8) is 0 Å². The van der Waals surface area contributed by atoms with Crippen molar-refractivity contribution in [1.29, 1.82) is 0 Å². The molecule has 0 amide bonds. The SMILES string of the molecule is O=[N+]([O-])c1cnc([N+]2([O-])CCNC2)s1. The lowest BCUT2D eigenvalue weighted by molar-refractivity contribution is -0.380. The molecule has 2 heterocycles. The molecule has 0 saturated carbocycles. The Balaban J connectivity index is 2.28. The van der Waals surface area contributed by atoms with E-state index in [9.17, 15) is 15.3 Å². The van der Waals surface area contributed by atoms with Crippen LogP contribution >= 0.6 is 11.3 Å². The molecule has 0 spiro atoms. The molecule has 0 aromatic carbocycles. The van der Waals surface area contributed by atoms with Gasteiger partial charge in [-0.3, -0.25) is 20.1 Å². The highest BCUT2D eigenvalue weighted by Crippen LogP contribution is 2.32. The topological polar surface area (TPSA) is 91.1 Å². The van der Waals surface area contributed by atoms with Crippen LogP contribution in [0, 0.1) is 15.3 Å². The van der Waals surface area contributed by atoms with E-state index in [1.165, 1.54) is 0 Å². The molecular formula is C6H8N4O3S. The van der Waals surface area contributed by atoms with E-state index in [1.54, 1.807) is 0 Å². The summed E-state index contributed by atoms with van der Waals surface area (Å²) in [5.41, 5.74) is 0. The molecule has 8 heteroatoms. The number of hydrogen-bond donors (Lipinski definition) is 1. The second-order valence-corrected chi connectivity index (χ2v) is 4.00. The molecule has 1 aromatic rings. The van der Waals surface area contributed by atoms with E-state index in [1.807, 2.05) is 0 Å². The first-order chi connectivity index (χ1) is 6.62. The molecule has 76 valence electrons. The minimum Gasteiger partial charge on any atom is -0.625 e. The van der Waals surface area contributed by atoms with Gasteiger partial charge in [-0.15, -0.1) is 0 Å². The zero-order valence-corrected chi connectivity index (χ0v) is 7.99. The van der Waals surface area contributed by atoms with Crippen molar-refractivity contribution in [3.05, 3.63) is 21.5 Å². The number of thiazole rings is 1. The Morgan fingerprint density at radius 3 is 3.00 bits per heavy atom. The molecule has 1 N–H and O–H groups in total. The lowest BCUT2D eigenvalue weighted by Crippen LogP contribution is -2.41. The molecule has 1 saturated heterocycles. The summed E-state index contributed by atoms with van der Waals surface area (Å²) in [7, 11) is 0. The summed E-state index contributed by atoms with van der Waals surface area (Å²) in [5, 5.41) is 25.4. The van der Waals surface area contributed by atoms with Gasteiger partial charge in [-0.25, -0.2) is 0 Å². The van der Waals surface area contributed by atoms with Crippen LogP contribution in [0.3, 0.4) is 0 Å². The van der Waals surface area contributed by atoms with E-state index in [4.69, 9.17) is 0 Å². The second kappa shape index (κ2) is 3.24. The minimum atomic E-state index is -0.599. The molecule has 0 radical (unpaired) electrons. The summed E-state index contributed by atoms with van der Waals surface area (Å²) >= 11 is 0.847. The van der Waals surface area contributed by atoms with E-state index >= 15 is 0 Å². The first-order valence-electron chi connectivity index (χ1n) is 4.01. The molecule has 14 heavy (non-hydrogen) atoms. The number of quaternary nitrogens is 1. The van der Waals surface area contributed by atoms with Crippen LogP contribution in [0.4, 0.5) is 10.1 Å². The van der Waals surface area contributed by atoms with Crippen LogP contribution in [-0.2, 0) is 0 Å². The van der Waals surface area contributed by atoms with Gasteiger partial charge in [-0.1, -0.05) is 0 Å². The summed E-state index contributed by atoms with van der Waals surface area (Å²) in [6, 6.07) is 0. The van der Waals surface area contributed by atoms with Crippen LogP contribution in [0.15, 0.2) is 6.20 Å². The fourth-order valence-electron chi connectivity index (χ4n) is 1.29. The van der Waals surface area contributed by atoms with E-state index in [2.05, 4.69) is 10.3 Å². The van der Waals surface area contributed by atoms with E-state index < -0.39 is 9.57 Å². The third-order valence-corrected chi connectivity index (χ3v) is 3.11. The van der Waals surface area contributed by atoms with Crippen LogP contribution in [-0.4, -0.2) is 29.7 Å². The Morgan fingerprint density at radius 2 is 2.50 bits per heavy atom. The Kier molecular flexibility index (Phi) is 2.19. The Hall–Kier alpha value is -1.09. The lowest BCUT2D eigenvalue weighted by atomic mass is 10.6. The minimum absolute atomic E-state index is 0.0831. The Bertz CT molecular complexity index is 360. The van der Waals surface area contributed by atoms with Crippen LogP contribution in [0.1, 0.15) is 0 Å². The highest BCUT2D eigenvalue weighted by atomic mass is 32.1. The van der Waals surface area contributed by atoms with Gasteiger partial charge in [0, 0.05) is 11.3 Å². The smallest absolute Gasteiger partial charge is 0.349 e. The number of hydroxylamine groups is 2. The van der Waals surface area contributed by atoms with Gasteiger partial charge in [0.25, 0.3) is 5.13 Å². The summed E-state index contributed by atoms with van der Waals surface area (Å²) in [6.45, 7) is 1.24. The molecule has 1 atom stereocenters. The van der Waals surface area contributed by atoms with Crippen molar-refractivity contribution in [3.8, 4) is 0 Å². The average Bonchev–Trinajstić information content (AvgIpc) is 2.71. The van der Waals surface area contributed by atoms with Crippen LogP contribution in [0.5, 0.6) is 0 Å². The van der Waals surface area contributed by atoms with Crippen molar-refractivity contribution in [2.75, 3.05) is 19.8 Å². The predicted octanol–water partition coefficient (Wildman–Crippen LogP) is 0.417. The fraction of sp³-hybridized carbons (Fsp3) is 0.500. The van der Waals surface area contributed by atoms with Crippen molar-refractivity contribution < 1.29 is 4.92 Å². The number of rotatable bonds is 2. The quantitative estimate of drug-likeness (QED) is 0.335. The van der Waals surface area contributed by atoms with E-state index in [-0.39, 0.29) is 16.8 Å². The Morgan fingerprint density at radius 1 is 1.71 bits per heavy atom. The maximum atomic E-state index is 11.9. The fourth-order valence-corrected chi connectivity index (χ4v) is 2.09. The van der Waals surface area contributed by atoms with Crippen molar-refractivity contribution in [2.24, 2.45) is 0 Å². The molecule has 1 aliphatic heterocycles. The molecule has 2 rings (SSSR count). The van der Waals surface area contributed by atoms with Gasteiger partial charge in [-0.05, 0) is 0 Å². The average molecular weight is 216 g/mol. The highest BCUT2D eigenvalue weighted by Gasteiger charge is 2.30. The predicted molar refractivity (Wildman–Crippen MR) is 51.7 cm³/mol. The maximum absolute atomic E-state index is 11.9. The van der Waals surface area contributed by atoms with E-state index in [0.717, 1.165) is 17.5 Å². The number of aromatic nitrogens is 1. The number of nitro groups is 1. The van der Waals surface area contributed by atoms with Crippen molar-refractivity contribution in [2.45, 2.75) is 0 Å². The summed E-state index contributed by atoms with van der Waals surface area (Å²) in [4.78, 5) is 13.6. The largest absolute Gasteiger partial charge is 0.625 e. The van der Waals surface area contributed by atoms with Gasteiger partial charge in [0.05, 0.1) is 18.0 Å². The molecule has 1 aromatic heterocycles. The monoisotopic (exact) mass is 216 g/mol. The standard InChI is InChI=1S/C6H8N4O3S/c11-9(12)5-3-8-6(14-5)10(13)2-1-7-4-10/h3,7H,1-2,4H2. The third-order valence-electron chi connectivity index (χ3n) is 2.03. The van der Waals surface area contributed by atoms with Gasteiger partial charge in [0.15, 0.2) is 0 Å². The number of nitrogens with zero attached hydrogens (tertiary/aromatic N) is 3.